The third-order valence-corrected chi connectivity index (χ3v) is 6.04. The SMILES string of the molecule is COc1ccc(-c2nc3sc(Cc4noc5ccccc45)nn3c2SC#N)cc1. The molecule has 5 aromatic rings. The predicted molar refractivity (Wildman–Crippen MR) is 111 cm³/mol. The van der Waals surface area contributed by atoms with Crippen molar-refractivity contribution < 1.29 is 9.26 Å². The average Bonchev–Trinajstić information content (AvgIpc) is 3.43. The van der Waals surface area contributed by atoms with Crippen LogP contribution in [0.1, 0.15) is 10.7 Å². The van der Waals surface area contributed by atoms with Crippen molar-refractivity contribution in [3.63, 3.8) is 0 Å². The normalized spacial score (nSPS) is 11.2. The van der Waals surface area contributed by atoms with Gasteiger partial charge in [0.1, 0.15) is 26.9 Å². The lowest BCUT2D eigenvalue weighted by Crippen LogP contribution is -1.93. The highest BCUT2D eigenvalue weighted by atomic mass is 32.2. The summed E-state index contributed by atoms with van der Waals surface area (Å²) < 4.78 is 12.3. The first-order valence-electron chi connectivity index (χ1n) is 8.69. The molecule has 0 aliphatic carbocycles. The molecule has 3 heterocycles. The molecule has 29 heavy (non-hydrogen) atoms. The summed E-state index contributed by atoms with van der Waals surface area (Å²) in [4.78, 5) is 5.46. The van der Waals surface area contributed by atoms with Gasteiger partial charge in [0.25, 0.3) is 0 Å². The molecule has 0 amide bonds. The van der Waals surface area contributed by atoms with Crippen molar-refractivity contribution in [3.8, 4) is 22.4 Å². The van der Waals surface area contributed by atoms with E-state index < -0.39 is 0 Å². The quantitative estimate of drug-likeness (QED) is 0.299. The molecule has 0 N–H and O–H groups in total. The van der Waals surface area contributed by atoms with E-state index >= 15 is 0 Å². The summed E-state index contributed by atoms with van der Waals surface area (Å²) in [5, 5.41) is 22.8. The fourth-order valence-corrected chi connectivity index (χ4v) is 4.64. The largest absolute Gasteiger partial charge is 0.497 e. The van der Waals surface area contributed by atoms with Crippen LogP contribution in [0.5, 0.6) is 5.75 Å². The number of fused-ring (bicyclic) bond motifs is 2. The van der Waals surface area contributed by atoms with Gasteiger partial charge in [-0.1, -0.05) is 28.6 Å². The Bertz CT molecular complexity index is 1360. The number of rotatable bonds is 5. The minimum absolute atomic E-state index is 0.541. The van der Waals surface area contributed by atoms with Crippen LogP contribution in [-0.2, 0) is 6.42 Å². The zero-order valence-electron chi connectivity index (χ0n) is 15.2. The second-order valence-electron chi connectivity index (χ2n) is 6.18. The highest BCUT2D eigenvalue weighted by molar-refractivity contribution is 8.03. The number of thiocyanates is 1. The zero-order valence-corrected chi connectivity index (χ0v) is 16.8. The summed E-state index contributed by atoms with van der Waals surface area (Å²) in [5.74, 6) is 0.768. The summed E-state index contributed by atoms with van der Waals surface area (Å²) in [6.07, 6.45) is 0.541. The third kappa shape index (κ3) is 3.12. The zero-order chi connectivity index (χ0) is 19.8. The van der Waals surface area contributed by atoms with E-state index in [4.69, 9.17) is 14.2 Å². The van der Waals surface area contributed by atoms with Crippen molar-refractivity contribution in [3.05, 3.63) is 59.2 Å². The molecule has 0 atom stereocenters. The molecular formula is C20H13N5O2S2. The van der Waals surface area contributed by atoms with Crippen LogP contribution in [0.15, 0.2) is 58.1 Å². The Labute approximate surface area is 173 Å². The van der Waals surface area contributed by atoms with Gasteiger partial charge in [0, 0.05) is 29.1 Å². The van der Waals surface area contributed by atoms with Crippen LogP contribution in [0.3, 0.4) is 0 Å². The van der Waals surface area contributed by atoms with E-state index in [1.165, 1.54) is 11.3 Å². The number of nitrogens with zero attached hydrogens (tertiary/aromatic N) is 5. The van der Waals surface area contributed by atoms with E-state index in [2.05, 4.69) is 15.7 Å². The van der Waals surface area contributed by atoms with Gasteiger partial charge in [0.05, 0.1) is 12.8 Å². The highest BCUT2D eigenvalue weighted by Gasteiger charge is 2.20. The lowest BCUT2D eigenvalue weighted by Gasteiger charge is -2.02. The van der Waals surface area contributed by atoms with Gasteiger partial charge in [-0.05, 0) is 36.4 Å². The topological polar surface area (TPSA) is 89.2 Å². The fraction of sp³-hybridized carbons (Fsp3) is 0.100. The summed E-state index contributed by atoms with van der Waals surface area (Å²) >= 11 is 2.53. The molecule has 0 unspecified atom stereocenters. The number of nitriles is 1. The molecule has 142 valence electrons. The summed E-state index contributed by atoms with van der Waals surface area (Å²) in [7, 11) is 1.63. The van der Waals surface area contributed by atoms with Gasteiger partial charge < -0.3 is 9.26 Å². The van der Waals surface area contributed by atoms with Gasteiger partial charge in [-0.2, -0.15) is 14.9 Å². The Balaban J connectivity index is 1.54. The standard InChI is InChI=1S/C20H13N5O2S2/c1-26-13-8-6-12(7-9-13)18-19(28-11-21)25-20(22-18)29-17(23-25)10-15-14-4-2-3-5-16(14)27-24-15/h2-9H,10H2,1H3. The van der Waals surface area contributed by atoms with Gasteiger partial charge in [0.2, 0.25) is 4.96 Å². The van der Waals surface area contributed by atoms with Gasteiger partial charge >= 0.3 is 0 Å². The Kier molecular flexibility index (Phi) is 4.42. The van der Waals surface area contributed by atoms with Crippen molar-refractivity contribution in [1.29, 1.82) is 5.26 Å². The third-order valence-electron chi connectivity index (χ3n) is 4.48. The summed E-state index contributed by atoms with van der Waals surface area (Å²) in [6.45, 7) is 0. The summed E-state index contributed by atoms with van der Waals surface area (Å²) in [6, 6.07) is 15.4. The number of methoxy groups -OCH3 is 1. The lowest BCUT2D eigenvalue weighted by molar-refractivity contribution is 0.415. The van der Waals surface area contributed by atoms with E-state index in [1.807, 2.05) is 48.5 Å². The van der Waals surface area contributed by atoms with Gasteiger partial charge in [0.15, 0.2) is 5.58 Å². The number of imidazole rings is 1. The van der Waals surface area contributed by atoms with Crippen molar-refractivity contribution >= 4 is 39.0 Å². The Morgan fingerprint density at radius 1 is 1.21 bits per heavy atom. The first-order chi connectivity index (χ1) is 14.3. The van der Waals surface area contributed by atoms with Gasteiger partial charge in [-0.25, -0.2) is 4.98 Å². The number of thioether (sulfide) groups is 1. The molecule has 5 rings (SSSR count). The second kappa shape index (κ2) is 7.24. The number of hydrogen-bond donors (Lipinski definition) is 0. The van der Waals surface area contributed by atoms with E-state index in [-0.39, 0.29) is 0 Å². The van der Waals surface area contributed by atoms with E-state index in [9.17, 15) is 5.26 Å². The number of ether oxygens (including phenoxy) is 1. The van der Waals surface area contributed by atoms with Crippen molar-refractivity contribution in [2.75, 3.05) is 7.11 Å². The first-order valence-corrected chi connectivity index (χ1v) is 10.3. The number of aromatic nitrogens is 4. The highest BCUT2D eigenvalue weighted by Crippen LogP contribution is 2.34. The van der Waals surface area contributed by atoms with Crippen LogP contribution in [0.25, 0.3) is 27.2 Å². The molecule has 0 spiro atoms. The summed E-state index contributed by atoms with van der Waals surface area (Å²) in [5.41, 5.74) is 3.23. The van der Waals surface area contributed by atoms with Crippen LogP contribution in [0.2, 0.25) is 0 Å². The van der Waals surface area contributed by atoms with Crippen molar-refractivity contribution in [2.45, 2.75) is 11.4 Å². The Morgan fingerprint density at radius 2 is 2.03 bits per heavy atom. The maximum atomic E-state index is 9.29. The molecule has 0 aliphatic rings. The fourth-order valence-electron chi connectivity index (χ4n) is 3.12. The molecule has 7 nitrogen and oxygen atoms in total. The van der Waals surface area contributed by atoms with E-state index in [0.29, 0.717) is 11.4 Å². The molecule has 0 aliphatic heterocycles. The number of para-hydroxylation sites is 1. The van der Waals surface area contributed by atoms with Gasteiger partial charge in [-0.15, -0.1) is 0 Å². The molecule has 0 saturated heterocycles. The molecule has 9 heteroatoms. The van der Waals surface area contributed by atoms with Crippen LogP contribution in [-0.4, -0.2) is 26.9 Å². The minimum atomic E-state index is 0.541. The molecule has 0 saturated carbocycles. The average molecular weight is 419 g/mol. The van der Waals surface area contributed by atoms with Crippen LogP contribution < -0.4 is 4.74 Å². The number of hydrogen-bond acceptors (Lipinski definition) is 8. The maximum Gasteiger partial charge on any atom is 0.213 e. The molecule has 2 aromatic carbocycles. The molecule has 0 bridgehead atoms. The van der Waals surface area contributed by atoms with Gasteiger partial charge in [-0.3, -0.25) is 0 Å². The van der Waals surface area contributed by atoms with Crippen molar-refractivity contribution in [1.82, 2.24) is 19.8 Å². The molecule has 0 radical (unpaired) electrons. The second-order valence-corrected chi connectivity index (χ2v) is 7.99. The van der Waals surface area contributed by atoms with Crippen LogP contribution in [0.4, 0.5) is 0 Å². The number of benzene rings is 2. The monoisotopic (exact) mass is 419 g/mol. The van der Waals surface area contributed by atoms with E-state index in [0.717, 1.165) is 55.4 Å². The van der Waals surface area contributed by atoms with Crippen LogP contribution >= 0.6 is 23.1 Å². The first kappa shape index (κ1) is 17.7. The Morgan fingerprint density at radius 3 is 2.83 bits per heavy atom. The lowest BCUT2D eigenvalue weighted by atomic mass is 10.1. The van der Waals surface area contributed by atoms with Crippen LogP contribution in [0, 0.1) is 10.7 Å². The molecule has 3 aromatic heterocycles. The minimum Gasteiger partial charge on any atom is -0.497 e. The van der Waals surface area contributed by atoms with E-state index in [1.54, 1.807) is 11.6 Å². The molecular weight excluding hydrogens is 406 g/mol. The smallest absolute Gasteiger partial charge is 0.213 e. The predicted octanol–water partition coefficient (Wildman–Crippen LogP) is 4.77. The Hall–Kier alpha value is -3.35. The van der Waals surface area contributed by atoms with Crippen molar-refractivity contribution in [2.24, 2.45) is 0 Å². The molecule has 0 fully saturated rings. The maximum absolute atomic E-state index is 9.29.